The van der Waals surface area contributed by atoms with Crippen LogP contribution in [-0.2, 0) is 4.79 Å². The number of nitrogens with one attached hydrogen (secondary N) is 1. The summed E-state index contributed by atoms with van der Waals surface area (Å²) in [4.78, 5) is 12.8. The lowest BCUT2D eigenvalue weighted by atomic mass is 10.2. The second-order valence-electron chi connectivity index (χ2n) is 8.57. The number of nitrogens with zero attached hydrogens (tertiary/aromatic N) is 3. The molecule has 0 radical (unpaired) electrons. The first kappa shape index (κ1) is 26.8. The number of para-hydroxylation sites is 1. The average molecular weight is 553 g/mol. The summed E-state index contributed by atoms with van der Waals surface area (Å²) in [5, 5.41) is 12.4. The number of hydrogen-bond donors (Lipinski definition) is 1. The summed E-state index contributed by atoms with van der Waals surface area (Å²) >= 11 is 1.31. The summed E-state index contributed by atoms with van der Waals surface area (Å²) in [5.74, 6) is 3.62. The normalized spacial score (nSPS) is 10.7. The Morgan fingerprint density at radius 1 is 0.800 bits per heavy atom. The van der Waals surface area contributed by atoms with Crippen LogP contribution in [0.5, 0.6) is 23.0 Å². The number of rotatable bonds is 11. The van der Waals surface area contributed by atoms with E-state index in [4.69, 9.17) is 14.2 Å². The molecule has 0 bridgehead atoms. The van der Waals surface area contributed by atoms with Crippen LogP contribution in [0.25, 0.3) is 17.1 Å². The SMILES string of the molecule is CCOc1ccc(-n2c(SCC(=O)Nc3ccc(Oc4ccccc4)cc3)nnc2-c2ccc(OC)cc2)cc1. The minimum atomic E-state index is -0.158. The Bertz CT molecular complexity index is 1540. The first-order valence-corrected chi connectivity index (χ1v) is 13.7. The number of carbonyl (C=O) groups is 1. The minimum absolute atomic E-state index is 0.153. The Hall–Kier alpha value is -4.76. The molecule has 0 saturated heterocycles. The van der Waals surface area contributed by atoms with Crippen molar-refractivity contribution in [3.8, 4) is 40.1 Å². The zero-order chi connectivity index (χ0) is 27.7. The molecule has 4 aromatic carbocycles. The fourth-order valence-corrected chi connectivity index (χ4v) is 4.69. The third-order valence-corrected chi connectivity index (χ3v) is 6.77. The molecule has 0 saturated carbocycles. The van der Waals surface area contributed by atoms with Crippen LogP contribution in [0.15, 0.2) is 108 Å². The summed E-state index contributed by atoms with van der Waals surface area (Å²) in [6, 6.07) is 32.1. The van der Waals surface area contributed by atoms with E-state index in [0.717, 1.165) is 28.5 Å². The number of aromatic nitrogens is 3. The van der Waals surface area contributed by atoms with E-state index in [0.29, 0.717) is 29.0 Å². The van der Waals surface area contributed by atoms with E-state index in [1.165, 1.54) is 11.8 Å². The maximum atomic E-state index is 12.8. The fourth-order valence-electron chi connectivity index (χ4n) is 3.94. The van der Waals surface area contributed by atoms with Crippen LogP contribution in [0.2, 0.25) is 0 Å². The number of methoxy groups -OCH3 is 1. The number of carbonyl (C=O) groups excluding carboxylic acids is 1. The van der Waals surface area contributed by atoms with Gasteiger partial charge in [-0.1, -0.05) is 30.0 Å². The summed E-state index contributed by atoms with van der Waals surface area (Å²) in [6.45, 7) is 2.53. The van der Waals surface area contributed by atoms with Crippen LogP contribution in [0.4, 0.5) is 5.69 Å². The lowest BCUT2D eigenvalue weighted by Gasteiger charge is -2.12. The molecular weight excluding hydrogens is 524 g/mol. The highest BCUT2D eigenvalue weighted by Crippen LogP contribution is 2.30. The van der Waals surface area contributed by atoms with Crippen molar-refractivity contribution >= 4 is 23.4 Å². The molecule has 0 aliphatic heterocycles. The van der Waals surface area contributed by atoms with Crippen molar-refractivity contribution in [2.75, 3.05) is 24.8 Å². The van der Waals surface area contributed by atoms with Crippen LogP contribution in [0, 0.1) is 0 Å². The van der Waals surface area contributed by atoms with Gasteiger partial charge in [-0.15, -0.1) is 10.2 Å². The van der Waals surface area contributed by atoms with Crippen LogP contribution in [0.3, 0.4) is 0 Å². The molecule has 5 aromatic rings. The van der Waals surface area contributed by atoms with Crippen LogP contribution in [0.1, 0.15) is 6.92 Å². The van der Waals surface area contributed by atoms with Crippen LogP contribution >= 0.6 is 11.8 Å². The molecule has 0 atom stereocenters. The van der Waals surface area contributed by atoms with Gasteiger partial charge in [0.25, 0.3) is 0 Å². The Balaban J connectivity index is 1.30. The largest absolute Gasteiger partial charge is 0.497 e. The molecule has 0 fully saturated rings. The van der Waals surface area contributed by atoms with Gasteiger partial charge in [0, 0.05) is 16.9 Å². The smallest absolute Gasteiger partial charge is 0.234 e. The first-order chi connectivity index (χ1) is 19.6. The zero-order valence-electron chi connectivity index (χ0n) is 22.1. The van der Waals surface area contributed by atoms with Crippen molar-refractivity contribution in [2.24, 2.45) is 0 Å². The lowest BCUT2D eigenvalue weighted by Crippen LogP contribution is -2.14. The molecule has 0 aliphatic rings. The maximum absolute atomic E-state index is 12.8. The molecule has 1 N–H and O–H groups in total. The molecule has 0 unspecified atom stereocenters. The van der Waals surface area contributed by atoms with E-state index in [1.807, 2.05) is 115 Å². The summed E-state index contributed by atoms with van der Waals surface area (Å²) in [6.07, 6.45) is 0. The molecule has 1 heterocycles. The predicted molar refractivity (Wildman–Crippen MR) is 157 cm³/mol. The van der Waals surface area contributed by atoms with E-state index in [9.17, 15) is 4.79 Å². The number of hydrogen-bond acceptors (Lipinski definition) is 7. The van der Waals surface area contributed by atoms with Gasteiger partial charge < -0.3 is 19.5 Å². The van der Waals surface area contributed by atoms with Crippen molar-refractivity contribution in [1.82, 2.24) is 14.8 Å². The Morgan fingerprint density at radius 2 is 1.45 bits per heavy atom. The molecule has 9 heteroatoms. The van der Waals surface area contributed by atoms with Crippen molar-refractivity contribution in [3.05, 3.63) is 103 Å². The highest BCUT2D eigenvalue weighted by molar-refractivity contribution is 7.99. The van der Waals surface area contributed by atoms with Crippen LogP contribution in [-0.4, -0.2) is 40.1 Å². The van der Waals surface area contributed by atoms with Gasteiger partial charge in [0.05, 0.1) is 19.5 Å². The molecule has 40 heavy (non-hydrogen) atoms. The summed E-state index contributed by atoms with van der Waals surface area (Å²) in [7, 11) is 1.63. The topological polar surface area (TPSA) is 87.5 Å². The third-order valence-electron chi connectivity index (χ3n) is 5.84. The zero-order valence-corrected chi connectivity index (χ0v) is 22.9. The molecule has 0 spiro atoms. The van der Waals surface area contributed by atoms with Crippen LogP contribution < -0.4 is 19.5 Å². The molecule has 1 aromatic heterocycles. The molecule has 1 amide bonds. The molecule has 8 nitrogen and oxygen atoms in total. The van der Waals surface area contributed by atoms with Gasteiger partial charge in [0.2, 0.25) is 5.91 Å². The number of thioether (sulfide) groups is 1. The standard InChI is InChI=1S/C31H28N4O4S/c1-3-38-26-19-13-24(14-20-26)35-30(22-9-15-25(37-2)16-10-22)33-34-31(35)40-21-29(36)32-23-11-17-28(18-12-23)39-27-7-5-4-6-8-27/h4-20H,3,21H2,1-2H3,(H,32,36). The second kappa shape index (κ2) is 12.9. The van der Waals surface area contributed by atoms with E-state index in [2.05, 4.69) is 15.5 Å². The van der Waals surface area contributed by atoms with Gasteiger partial charge in [0.15, 0.2) is 11.0 Å². The molecule has 5 rings (SSSR count). The third kappa shape index (κ3) is 6.62. The number of benzene rings is 4. The molecule has 202 valence electrons. The second-order valence-corrected chi connectivity index (χ2v) is 9.52. The maximum Gasteiger partial charge on any atom is 0.234 e. The average Bonchev–Trinajstić information content (AvgIpc) is 3.42. The highest BCUT2D eigenvalue weighted by Gasteiger charge is 2.18. The number of anilines is 1. The Morgan fingerprint density at radius 3 is 2.12 bits per heavy atom. The minimum Gasteiger partial charge on any atom is -0.497 e. The van der Waals surface area contributed by atoms with Gasteiger partial charge in [-0.3, -0.25) is 9.36 Å². The number of ether oxygens (including phenoxy) is 3. The fraction of sp³-hybridized carbons (Fsp3) is 0.129. The monoisotopic (exact) mass is 552 g/mol. The Kier molecular flexibility index (Phi) is 8.63. The van der Waals surface area contributed by atoms with Gasteiger partial charge in [0.1, 0.15) is 23.0 Å². The quantitative estimate of drug-likeness (QED) is 0.179. The predicted octanol–water partition coefficient (Wildman–Crippen LogP) is 6.86. The lowest BCUT2D eigenvalue weighted by molar-refractivity contribution is -0.113. The Labute approximate surface area is 236 Å². The van der Waals surface area contributed by atoms with E-state index in [1.54, 1.807) is 7.11 Å². The highest BCUT2D eigenvalue weighted by atomic mass is 32.2. The van der Waals surface area contributed by atoms with Crippen molar-refractivity contribution in [3.63, 3.8) is 0 Å². The summed E-state index contributed by atoms with van der Waals surface area (Å²) < 4.78 is 18.7. The van der Waals surface area contributed by atoms with Gasteiger partial charge in [-0.25, -0.2) is 0 Å². The van der Waals surface area contributed by atoms with E-state index >= 15 is 0 Å². The van der Waals surface area contributed by atoms with Gasteiger partial charge in [-0.2, -0.15) is 0 Å². The first-order valence-electron chi connectivity index (χ1n) is 12.7. The van der Waals surface area contributed by atoms with Crippen molar-refractivity contribution < 1.29 is 19.0 Å². The van der Waals surface area contributed by atoms with Gasteiger partial charge in [-0.05, 0) is 91.9 Å². The molecular formula is C31H28N4O4S. The van der Waals surface area contributed by atoms with Crippen molar-refractivity contribution in [1.29, 1.82) is 0 Å². The molecule has 0 aliphatic carbocycles. The van der Waals surface area contributed by atoms with E-state index < -0.39 is 0 Å². The number of amides is 1. The van der Waals surface area contributed by atoms with Crippen molar-refractivity contribution in [2.45, 2.75) is 12.1 Å². The summed E-state index contributed by atoms with van der Waals surface area (Å²) in [5.41, 5.74) is 2.41. The van der Waals surface area contributed by atoms with Gasteiger partial charge >= 0.3 is 0 Å². The van der Waals surface area contributed by atoms with E-state index in [-0.39, 0.29) is 11.7 Å².